The number of allylic oxidation sites excluding steroid dienone is 1. The number of unbranched alkanes of at least 4 members (excludes halogenated alkanes) is 1. The van der Waals surface area contributed by atoms with Crippen molar-refractivity contribution in [3.63, 3.8) is 0 Å². The van der Waals surface area contributed by atoms with Gasteiger partial charge in [-0.25, -0.2) is 0 Å². The van der Waals surface area contributed by atoms with Crippen molar-refractivity contribution >= 4 is 11.6 Å². The summed E-state index contributed by atoms with van der Waals surface area (Å²) in [6.07, 6.45) is 4.95. The van der Waals surface area contributed by atoms with Gasteiger partial charge in [0.15, 0.2) is 5.22 Å². The molecule has 1 aromatic heterocycles. The number of hydrogen-bond acceptors (Lipinski definition) is 1. The molecule has 0 saturated carbocycles. The molecule has 0 aliphatic rings. The third kappa shape index (κ3) is 2.81. The lowest BCUT2D eigenvalue weighted by Crippen LogP contribution is -1.78. The second-order valence-electron chi connectivity index (χ2n) is 2.39. The Labute approximate surface area is 71.7 Å². The lowest BCUT2D eigenvalue weighted by molar-refractivity contribution is 0.504. The minimum Gasteiger partial charge on any atom is -0.450 e. The van der Waals surface area contributed by atoms with Crippen LogP contribution in [-0.2, 0) is 6.42 Å². The van der Waals surface area contributed by atoms with Gasteiger partial charge in [-0.05, 0) is 36.6 Å². The summed E-state index contributed by atoms with van der Waals surface area (Å²) >= 11 is 5.59. The highest BCUT2D eigenvalue weighted by Gasteiger charge is 1.97. The molecular weight excluding hydrogens is 160 g/mol. The molecule has 2 heteroatoms. The van der Waals surface area contributed by atoms with Gasteiger partial charge in [-0.1, -0.05) is 6.08 Å². The molecule has 0 atom stereocenters. The summed E-state index contributed by atoms with van der Waals surface area (Å²) in [7, 11) is 0. The molecule has 1 rings (SSSR count). The standard InChI is InChI=1S/C9H11ClO/c1-2-3-4-5-8-6-7-9(10)11-8/h2,6-7H,1,3-5H2. The first-order chi connectivity index (χ1) is 5.33. The maximum atomic E-state index is 5.59. The maximum absolute atomic E-state index is 5.59. The van der Waals surface area contributed by atoms with Gasteiger partial charge < -0.3 is 4.42 Å². The van der Waals surface area contributed by atoms with Gasteiger partial charge in [-0.15, -0.1) is 6.58 Å². The summed E-state index contributed by atoms with van der Waals surface area (Å²) in [4.78, 5) is 0. The number of aryl methyl sites for hydroxylation is 1. The van der Waals surface area contributed by atoms with E-state index < -0.39 is 0 Å². The second-order valence-corrected chi connectivity index (χ2v) is 2.76. The summed E-state index contributed by atoms with van der Waals surface area (Å²) in [6, 6.07) is 3.68. The van der Waals surface area contributed by atoms with Gasteiger partial charge in [0.05, 0.1) is 0 Å². The van der Waals surface area contributed by atoms with E-state index in [-0.39, 0.29) is 0 Å². The van der Waals surface area contributed by atoms with Crippen molar-refractivity contribution in [3.8, 4) is 0 Å². The smallest absolute Gasteiger partial charge is 0.193 e. The predicted molar refractivity (Wildman–Crippen MR) is 46.9 cm³/mol. The molecule has 0 fully saturated rings. The number of rotatable bonds is 4. The Kier molecular flexibility index (Phi) is 3.24. The molecule has 1 heterocycles. The van der Waals surface area contributed by atoms with Gasteiger partial charge in [0.25, 0.3) is 0 Å². The average Bonchev–Trinajstić information content (AvgIpc) is 2.37. The van der Waals surface area contributed by atoms with E-state index in [4.69, 9.17) is 16.0 Å². The van der Waals surface area contributed by atoms with E-state index in [1.165, 1.54) is 0 Å². The Bertz CT molecular complexity index is 227. The molecule has 0 spiro atoms. The first kappa shape index (κ1) is 8.41. The molecule has 1 aromatic rings. The van der Waals surface area contributed by atoms with E-state index in [0.717, 1.165) is 25.0 Å². The van der Waals surface area contributed by atoms with Crippen LogP contribution in [0.4, 0.5) is 0 Å². The quantitative estimate of drug-likeness (QED) is 0.499. The van der Waals surface area contributed by atoms with Gasteiger partial charge >= 0.3 is 0 Å². The van der Waals surface area contributed by atoms with Crippen LogP contribution >= 0.6 is 11.6 Å². The number of furan rings is 1. The highest BCUT2D eigenvalue weighted by atomic mass is 35.5. The fourth-order valence-electron chi connectivity index (χ4n) is 0.907. The molecule has 60 valence electrons. The molecular formula is C9H11ClO. The molecule has 0 unspecified atom stereocenters. The zero-order chi connectivity index (χ0) is 8.10. The summed E-state index contributed by atoms with van der Waals surface area (Å²) in [5, 5.41) is 0.471. The highest BCUT2D eigenvalue weighted by Crippen LogP contribution is 2.14. The van der Waals surface area contributed by atoms with E-state index in [9.17, 15) is 0 Å². The average molecular weight is 171 g/mol. The molecule has 0 aromatic carbocycles. The van der Waals surface area contributed by atoms with Crippen molar-refractivity contribution < 1.29 is 4.42 Å². The van der Waals surface area contributed by atoms with E-state index in [1.807, 2.05) is 12.1 Å². The van der Waals surface area contributed by atoms with Crippen molar-refractivity contribution in [3.05, 3.63) is 35.8 Å². The fraction of sp³-hybridized carbons (Fsp3) is 0.333. The molecule has 0 amide bonds. The monoisotopic (exact) mass is 170 g/mol. The first-order valence-corrected chi connectivity index (χ1v) is 4.06. The van der Waals surface area contributed by atoms with Crippen molar-refractivity contribution in [1.29, 1.82) is 0 Å². The summed E-state index contributed by atoms with van der Waals surface area (Å²) < 4.78 is 5.16. The third-order valence-corrected chi connectivity index (χ3v) is 1.66. The van der Waals surface area contributed by atoms with Crippen molar-refractivity contribution in [1.82, 2.24) is 0 Å². The van der Waals surface area contributed by atoms with Gasteiger partial charge in [-0.3, -0.25) is 0 Å². The van der Waals surface area contributed by atoms with Crippen molar-refractivity contribution in [2.75, 3.05) is 0 Å². The topological polar surface area (TPSA) is 13.1 Å². The van der Waals surface area contributed by atoms with Gasteiger partial charge in [0, 0.05) is 6.42 Å². The molecule has 0 aliphatic carbocycles. The molecule has 11 heavy (non-hydrogen) atoms. The minimum atomic E-state index is 0.471. The van der Waals surface area contributed by atoms with Crippen molar-refractivity contribution in [2.24, 2.45) is 0 Å². The molecule has 0 saturated heterocycles. The van der Waals surface area contributed by atoms with E-state index >= 15 is 0 Å². The van der Waals surface area contributed by atoms with Crippen LogP contribution in [0.5, 0.6) is 0 Å². The summed E-state index contributed by atoms with van der Waals surface area (Å²) in [6.45, 7) is 3.64. The summed E-state index contributed by atoms with van der Waals surface area (Å²) in [5.41, 5.74) is 0. The lowest BCUT2D eigenvalue weighted by atomic mass is 10.2. The molecule has 0 bridgehead atoms. The van der Waals surface area contributed by atoms with Gasteiger partial charge in [0.1, 0.15) is 5.76 Å². The molecule has 0 aliphatic heterocycles. The SMILES string of the molecule is C=CCCCc1ccc(Cl)o1. The Morgan fingerprint density at radius 3 is 2.91 bits per heavy atom. The Hall–Kier alpha value is -0.690. The van der Waals surface area contributed by atoms with Crippen molar-refractivity contribution in [2.45, 2.75) is 19.3 Å². The van der Waals surface area contributed by atoms with Crippen LogP contribution in [0, 0.1) is 0 Å². The van der Waals surface area contributed by atoms with Crippen LogP contribution in [0.2, 0.25) is 5.22 Å². The van der Waals surface area contributed by atoms with Crippen LogP contribution in [0.15, 0.2) is 29.2 Å². The van der Waals surface area contributed by atoms with Crippen LogP contribution in [0.3, 0.4) is 0 Å². The van der Waals surface area contributed by atoms with Crippen LogP contribution in [0.1, 0.15) is 18.6 Å². The number of hydrogen-bond donors (Lipinski definition) is 0. The molecule has 0 N–H and O–H groups in total. The molecule has 1 nitrogen and oxygen atoms in total. The first-order valence-electron chi connectivity index (χ1n) is 3.68. The Morgan fingerprint density at radius 2 is 2.36 bits per heavy atom. The zero-order valence-electron chi connectivity index (χ0n) is 6.35. The highest BCUT2D eigenvalue weighted by molar-refractivity contribution is 6.28. The largest absolute Gasteiger partial charge is 0.450 e. The van der Waals surface area contributed by atoms with Crippen LogP contribution in [0.25, 0.3) is 0 Å². The fourth-order valence-corrected chi connectivity index (χ4v) is 1.07. The van der Waals surface area contributed by atoms with Gasteiger partial charge in [0.2, 0.25) is 0 Å². The normalized spacial score (nSPS) is 9.91. The summed E-state index contributed by atoms with van der Waals surface area (Å²) in [5.74, 6) is 0.955. The minimum absolute atomic E-state index is 0.471. The van der Waals surface area contributed by atoms with E-state index in [2.05, 4.69) is 6.58 Å². The van der Waals surface area contributed by atoms with E-state index in [0.29, 0.717) is 5.22 Å². The number of halogens is 1. The Balaban J connectivity index is 2.32. The van der Waals surface area contributed by atoms with Crippen LogP contribution in [-0.4, -0.2) is 0 Å². The van der Waals surface area contributed by atoms with Crippen LogP contribution < -0.4 is 0 Å². The van der Waals surface area contributed by atoms with Gasteiger partial charge in [-0.2, -0.15) is 0 Å². The molecule has 0 radical (unpaired) electrons. The Morgan fingerprint density at radius 1 is 1.55 bits per heavy atom. The maximum Gasteiger partial charge on any atom is 0.193 e. The second kappa shape index (κ2) is 4.24. The van der Waals surface area contributed by atoms with E-state index in [1.54, 1.807) is 6.07 Å². The third-order valence-electron chi connectivity index (χ3n) is 1.46. The predicted octanol–water partition coefficient (Wildman–Crippen LogP) is 3.44. The lowest BCUT2D eigenvalue weighted by Gasteiger charge is -1.91. The zero-order valence-corrected chi connectivity index (χ0v) is 7.10.